The lowest BCUT2D eigenvalue weighted by Gasteiger charge is -2.06. The van der Waals surface area contributed by atoms with Crippen LogP contribution in [0.1, 0.15) is 16.3 Å². The number of nitrogens with one attached hydrogen (secondary N) is 1. The number of sulfonamides is 1. The molecule has 0 aliphatic rings. The minimum Gasteiger partial charge on any atom is -0.245 e. The molecule has 1 heterocycles. The number of nitrogens with zero attached hydrogens (tertiary/aromatic N) is 1. The normalized spacial score (nSPS) is 11.7. The van der Waals surface area contributed by atoms with E-state index in [0.717, 1.165) is 22.7 Å². The molecule has 0 atom stereocenters. The topological polar surface area (TPSA) is 59.1 Å². The number of thiazole rings is 1. The number of alkyl halides is 1. The largest absolute Gasteiger partial charge is 0.245 e. The SMILES string of the molecule is Cc1csc(CNS(=O)(=O)c2ccc(CCCl)cc2)n1. The second-order valence-corrected chi connectivity index (χ2v) is 7.38. The van der Waals surface area contributed by atoms with E-state index in [2.05, 4.69) is 9.71 Å². The van der Waals surface area contributed by atoms with Crippen LogP contribution in [0.3, 0.4) is 0 Å². The van der Waals surface area contributed by atoms with E-state index in [1.165, 1.54) is 11.3 Å². The summed E-state index contributed by atoms with van der Waals surface area (Å²) >= 11 is 7.09. The molecule has 0 radical (unpaired) electrons. The molecule has 4 nitrogen and oxygen atoms in total. The number of aromatic nitrogens is 1. The Bertz CT molecular complexity index is 666. The van der Waals surface area contributed by atoms with Crippen LogP contribution < -0.4 is 4.72 Å². The number of hydrogen-bond donors (Lipinski definition) is 1. The Morgan fingerprint density at radius 3 is 2.55 bits per heavy atom. The summed E-state index contributed by atoms with van der Waals surface area (Å²) in [4.78, 5) is 4.48. The van der Waals surface area contributed by atoms with E-state index in [9.17, 15) is 8.42 Å². The van der Waals surface area contributed by atoms with Crippen molar-refractivity contribution in [2.24, 2.45) is 0 Å². The highest BCUT2D eigenvalue weighted by Gasteiger charge is 2.14. The Morgan fingerprint density at radius 1 is 1.30 bits per heavy atom. The zero-order valence-electron chi connectivity index (χ0n) is 11.0. The molecule has 1 aromatic carbocycles. The van der Waals surface area contributed by atoms with Crippen molar-refractivity contribution in [3.8, 4) is 0 Å². The van der Waals surface area contributed by atoms with Gasteiger partial charge < -0.3 is 0 Å². The minimum atomic E-state index is -3.50. The standard InChI is InChI=1S/C13H15ClN2O2S2/c1-10-9-19-13(16-10)8-15-20(17,18)12-4-2-11(3-5-12)6-7-14/h2-5,9,15H,6-8H2,1H3. The first-order valence-corrected chi connectivity index (χ1v) is 8.96. The van der Waals surface area contributed by atoms with Crippen LogP contribution in [-0.2, 0) is 23.0 Å². The van der Waals surface area contributed by atoms with Crippen molar-refractivity contribution in [1.29, 1.82) is 0 Å². The van der Waals surface area contributed by atoms with E-state index in [-0.39, 0.29) is 11.4 Å². The maximum absolute atomic E-state index is 12.1. The summed E-state index contributed by atoms with van der Waals surface area (Å²) in [6.07, 6.45) is 0.730. The van der Waals surface area contributed by atoms with Crippen molar-refractivity contribution in [1.82, 2.24) is 9.71 Å². The third-order valence-electron chi connectivity index (χ3n) is 2.70. The lowest BCUT2D eigenvalue weighted by Crippen LogP contribution is -2.23. The predicted molar refractivity (Wildman–Crippen MR) is 81.7 cm³/mol. The molecular formula is C13H15ClN2O2S2. The third kappa shape index (κ3) is 4.02. The second kappa shape index (κ2) is 6.67. The maximum Gasteiger partial charge on any atom is 0.240 e. The van der Waals surface area contributed by atoms with E-state index in [1.54, 1.807) is 24.3 Å². The van der Waals surface area contributed by atoms with Crippen LogP contribution in [0, 0.1) is 6.92 Å². The van der Waals surface area contributed by atoms with Crippen LogP contribution in [0.15, 0.2) is 34.5 Å². The summed E-state index contributed by atoms with van der Waals surface area (Å²) in [6, 6.07) is 6.75. The molecule has 2 aromatic rings. The minimum absolute atomic E-state index is 0.213. The van der Waals surface area contributed by atoms with E-state index in [0.29, 0.717) is 5.88 Å². The van der Waals surface area contributed by atoms with Gasteiger partial charge in [0, 0.05) is 17.0 Å². The third-order valence-corrected chi connectivity index (χ3v) is 5.27. The molecule has 0 amide bonds. The summed E-state index contributed by atoms with van der Waals surface area (Å²) < 4.78 is 26.8. The fraction of sp³-hybridized carbons (Fsp3) is 0.308. The van der Waals surface area contributed by atoms with Gasteiger partial charge in [0.1, 0.15) is 5.01 Å². The second-order valence-electron chi connectivity index (χ2n) is 4.29. The summed E-state index contributed by atoms with van der Waals surface area (Å²) in [5, 5.41) is 2.65. The van der Waals surface area contributed by atoms with Gasteiger partial charge in [-0.3, -0.25) is 0 Å². The van der Waals surface area contributed by atoms with Gasteiger partial charge in [-0.1, -0.05) is 12.1 Å². The molecule has 1 N–H and O–H groups in total. The van der Waals surface area contributed by atoms with Crippen molar-refractivity contribution < 1.29 is 8.42 Å². The van der Waals surface area contributed by atoms with E-state index >= 15 is 0 Å². The molecule has 0 spiro atoms. The van der Waals surface area contributed by atoms with Gasteiger partial charge in [0.2, 0.25) is 10.0 Å². The van der Waals surface area contributed by atoms with Gasteiger partial charge in [-0.2, -0.15) is 0 Å². The summed E-state index contributed by atoms with van der Waals surface area (Å²) in [6.45, 7) is 2.09. The van der Waals surface area contributed by atoms with Gasteiger partial charge in [-0.05, 0) is 31.0 Å². The van der Waals surface area contributed by atoms with Gasteiger partial charge in [0.15, 0.2) is 0 Å². The van der Waals surface area contributed by atoms with Crippen LogP contribution in [0.25, 0.3) is 0 Å². The fourth-order valence-corrected chi connectivity index (χ4v) is 3.68. The van der Waals surface area contributed by atoms with E-state index in [4.69, 9.17) is 11.6 Å². The lowest BCUT2D eigenvalue weighted by molar-refractivity contribution is 0.581. The zero-order valence-corrected chi connectivity index (χ0v) is 13.4. The molecular weight excluding hydrogens is 316 g/mol. The molecule has 0 fully saturated rings. The number of halogens is 1. The highest BCUT2D eigenvalue weighted by atomic mass is 35.5. The summed E-state index contributed by atoms with van der Waals surface area (Å²) in [5.41, 5.74) is 1.92. The highest BCUT2D eigenvalue weighted by Crippen LogP contribution is 2.13. The monoisotopic (exact) mass is 330 g/mol. The molecule has 20 heavy (non-hydrogen) atoms. The molecule has 1 aromatic heterocycles. The molecule has 0 aliphatic heterocycles. The molecule has 0 saturated carbocycles. The number of benzene rings is 1. The first-order valence-electron chi connectivity index (χ1n) is 6.07. The zero-order chi connectivity index (χ0) is 14.6. The highest BCUT2D eigenvalue weighted by molar-refractivity contribution is 7.89. The van der Waals surface area contributed by atoms with Crippen LogP contribution in [0.4, 0.5) is 0 Å². The van der Waals surface area contributed by atoms with Crippen molar-refractivity contribution in [3.05, 3.63) is 45.9 Å². The average Bonchev–Trinajstić information content (AvgIpc) is 2.84. The average molecular weight is 331 g/mol. The lowest BCUT2D eigenvalue weighted by atomic mass is 10.2. The van der Waals surface area contributed by atoms with Gasteiger partial charge >= 0.3 is 0 Å². The summed E-state index contributed by atoms with van der Waals surface area (Å²) in [5.74, 6) is 0.522. The van der Waals surface area contributed by atoms with Gasteiger partial charge in [0.05, 0.1) is 11.4 Å². The number of aryl methyl sites for hydroxylation is 2. The Kier molecular flexibility index (Phi) is 5.15. The Morgan fingerprint density at radius 2 is 2.00 bits per heavy atom. The van der Waals surface area contributed by atoms with Crippen molar-refractivity contribution >= 4 is 33.0 Å². The molecule has 0 saturated heterocycles. The van der Waals surface area contributed by atoms with Crippen LogP contribution >= 0.6 is 22.9 Å². The molecule has 0 aliphatic carbocycles. The molecule has 0 unspecified atom stereocenters. The van der Waals surface area contributed by atoms with Crippen molar-refractivity contribution in [2.75, 3.05) is 5.88 Å². The number of rotatable bonds is 6. The van der Waals surface area contributed by atoms with Crippen LogP contribution in [-0.4, -0.2) is 19.3 Å². The van der Waals surface area contributed by atoms with Crippen molar-refractivity contribution in [2.45, 2.75) is 24.8 Å². The number of hydrogen-bond acceptors (Lipinski definition) is 4. The molecule has 7 heteroatoms. The first kappa shape index (κ1) is 15.4. The molecule has 108 valence electrons. The Labute approximate surface area is 127 Å². The first-order chi connectivity index (χ1) is 9.51. The summed E-state index contributed by atoms with van der Waals surface area (Å²) in [7, 11) is -3.50. The van der Waals surface area contributed by atoms with Crippen LogP contribution in [0.5, 0.6) is 0 Å². The van der Waals surface area contributed by atoms with Gasteiger partial charge in [-0.25, -0.2) is 18.1 Å². The predicted octanol–water partition coefficient (Wildman–Crippen LogP) is 2.71. The van der Waals surface area contributed by atoms with Crippen molar-refractivity contribution in [3.63, 3.8) is 0 Å². The van der Waals surface area contributed by atoms with Gasteiger partial charge in [0.25, 0.3) is 0 Å². The smallest absolute Gasteiger partial charge is 0.240 e. The maximum atomic E-state index is 12.1. The Hall–Kier alpha value is -0.950. The van der Waals surface area contributed by atoms with Gasteiger partial charge in [-0.15, -0.1) is 22.9 Å². The van der Waals surface area contributed by atoms with Crippen LogP contribution in [0.2, 0.25) is 0 Å². The van der Waals surface area contributed by atoms with E-state index in [1.807, 2.05) is 12.3 Å². The quantitative estimate of drug-likeness (QED) is 0.828. The fourth-order valence-electron chi connectivity index (χ4n) is 1.67. The molecule has 2 rings (SSSR count). The van der Waals surface area contributed by atoms with E-state index < -0.39 is 10.0 Å². The Balaban J connectivity index is 2.05. The molecule has 0 bridgehead atoms.